The lowest BCUT2D eigenvalue weighted by molar-refractivity contribution is -0.00770. The van der Waals surface area contributed by atoms with E-state index < -0.39 is 17.5 Å². The van der Waals surface area contributed by atoms with E-state index in [0.29, 0.717) is 13.1 Å². The van der Waals surface area contributed by atoms with Crippen LogP contribution in [-0.2, 0) is 11.3 Å². The quantitative estimate of drug-likeness (QED) is 0.837. The normalized spacial score (nSPS) is 17.6. The maximum Gasteiger partial charge on any atom is 0.254 e. The summed E-state index contributed by atoms with van der Waals surface area (Å²) in [6.45, 7) is 0.839. The highest BCUT2D eigenvalue weighted by atomic mass is 19.1. The molecule has 2 aromatic rings. The minimum absolute atomic E-state index is 0.0593. The Morgan fingerprint density at radius 2 is 1.92 bits per heavy atom. The summed E-state index contributed by atoms with van der Waals surface area (Å²) < 4.78 is 45.8. The number of carbonyl (C=O) groups excluding carboxylic acids is 1. The monoisotopic (exact) mass is 349 g/mol. The Kier molecular flexibility index (Phi) is 5.38. The molecule has 1 fully saturated rings. The van der Waals surface area contributed by atoms with Crippen LogP contribution in [0.25, 0.3) is 0 Å². The summed E-state index contributed by atoms with van der Waals surface area (Å²) in [7, 11) is 0. The highest BCUT2D eigenvalue weighted by molar-refractivity contribution is 5.94. The van der Waals surface area contributed by atoms with Crippen LogP contribution in [0.3, 0.4) is 0 Å². The van der Waals surface area contributed by atoms with E-state index in [-0.39, 0.29) is 29.7 Å². The Labute approximate surface area is 144 Å². The Morgan fingerprint density at radius 1 is 1.12 bits per heavy atom. The molecule has 0 N–H and O–H groups in total. The van der Waals surface area contributed by atoms with Gasteiger partial charge in [0.2, 0.25) is 0 Å². The first kappa shape index (κ1) is 17.5. The van der Waals surface area contributed by atoms with Crippen molar-refractivity contribution < 1.29 is 22.7 Å². The fourth-order valence-electron chi connectivity index (χ4n) is 2.92. The standard InChI is InChI=1S/C19H18F3NO2/c20-15-4-1-3-13(9-15)19(24)23-8-2-5-17(11-23)25-12-14-10-16(21)6-7-18(14)22/h1,3-4,6-7,9-10,17H,2,5,8,11-12H2. The van der Waals surface area contributed by atoms with Crippen molar-refractivity contribution in [1.29, 1.82) is 0 Å². The molecule has 1 unspecified atom stereocenters. The largest absolute Gasteiger partial charge is 0.372 e. The van der Waals surface area contributed by atoms with Crippen LogP contribution in [0.15, 0.2) is 42.5 Å². The summed E-state index contributed by atoms with van der Waals surface area (Å²) in [6.07, 6.45) is 1.19. The maximum atomic E-state index is 13.6. The number of hydrogen-bond donors (Lipinski definition) is 0. The van der Waals surface area contributed by atoms with Gasteiger partial charge in [-0.2, -0.15) is 0 Å². The molecule has 1 amide bonds. The van der Waals surface area contributed by atoms with Crippen molar-refractivity contribution >= 4 is 5.91 Å². The molecule has 0 aromatic heterocycles. The first-order valence-electron chi connectivity index (χ1n) is 8.13. The summed E-state index contributed by atoms with van der Waals surface area (Å²) in [4.78, 5) is 14.1. The first-order valence-corrected chi connectivity index (χ1v) is 8.13. The van der Waals surface area contributed by atoms with Gasteiger partial charge in [0.05, 0.1) is 12.7 Å². The summed E-state index contributed by atoms with van der Waals surface area (Å²) in [5.74, 6) is -1.77. The predicted octanol–water partition coefficient (Wildman–Crippen LogP) is 3.93. The van der Waals surface area contributed by atoms with Gasteiger partial charge in [-0.25, -0.2) is 13.2 Å². The third-order valence-electron chi connectivity index (χ3n) is 4.22. The third kappa shape index (κ3) is 4.39. The molecule has 2 aromatic carbocycles. The number of ether oxygens (including phenoxy) is 1. The van der Waals surface area contributed by atoms with E-state index in [1.165, 1.54) is 18.2 Å². The number of piperidine rings is 1. The molecule has 3 nitrogen and oxygen atoms in total. The lowest BCUT2D eigenvalue weighted by Crippen LogP contribution is -2.43. The maximum absolute atomic E-state index is 13.6. The number of rotatable bonds is 4. The highest BCUT2D eigenvalue weighted by Gasteiger charge is 2.25. The number of benzene rings is 2. The minimum atomic E-state index is -0.523. The van der Waals surface area contributed by atoms with Crippen molar-refractivity contribution in [1.82, 2.24) is 4.90 Å². The number of amides is 1. The van der Waals surface area contributed by atoms with Crippen LogP contribution < -0.4 is 0 Å². The van der Waals surface area contributed by atoms with Crippen molar-refractivity contribution in [2.75, 3.05) is 13.1 Å². The Hall–Kier alpha value is -2.34. The zero-order valence-corrected chi connectivity index (χ0v) is 13.6. The molecule has 0 bridgehead atoms. The summed E-state index contributed by atoms with van der Waals surface area (Å²) in [6, 6.07) is 8.77. The topological polar surface area (TPSA) is 29.5 Å². The van der Waals surface area contributed by atoms with Crippen molar-refractivity contribution in [3.05, 3.63) is 71.0 Å². The van der Waals surface area contributed by atoms with E-state index in [2.05, 4.69) is 0 Å². The molecule has 6 heteroatoms. The Balaban J connectivity index is 1.61. The second-order valence-electron chi connectivity index (χ2n) is 6.07. The van der Waals surface area contributed by atoms with Crippen molar-refractivity contribution in [3.8, 4) is 0 Å². The van der Waals surface area contributed by atoms with E-state index in [1.54, 1.807) is 11.0 Å². The van der Waals surface area contributed by atoms with Crippen LogP contribution in [0.4, 0.5) is 13.2 Å². The molecule has 25 heavy (non-hydrogen) atoms. The predicted molar refractivity (Wildman–Crippen MR) is 86.5 cm³/mol. The van der Waals surface area contributed by atoms with Gasteiger partial charge in [0.25, 0.3) is 5.91 Å². The zero-order chi connectivity index (χ0) is 17.8. The van der Waals surface area contributed by atoms with Gasteiger partial charge >= 0.3 is 0 Å². The zero-order valence-electron chi connectivity index (χ0n) is 13.6. The molecule has 0 radical (unpaired) electrons. The summed E-state index contributed by atoms with van der Waals surface area (Å²) in [5, 5.41) is 0. The van der Waals surface area contributed by atoms with Gasteiger partial charge in [-0.3, -0.25) is 4.79 Å². The van der Waals surface area contributed by atoms with Gasteiger partial charge in [-0.1, -0.05) is 6.07 Å². The lowest BCUT2D eigenvalue weighted by Gasteiger charge is -2.32. The number of likely N-dealkylation sites (tertiary alicyclic amines) is 1. The van der Waals surface area contributed by atoms with Crippen LogP contribution in [0.5, 0.6) is 0 Å². The molecule has 1 heterocycles. The average molecular weight is 349 g/mol. The molecule has 132 valence electrons. The number of nitrogens with zero attached hydrogens (tertiary/aromatic N) is 1. The van der Waals surface area contributed by atoms with E-state index in [0.717, 1.165) is 31.0 Å². The molecular weight excluding hydrogens is 331 g/mol. The SMILES string of the molecule is O=C(c1cccc(F)c1)N1CCCC(OCc2cc(F)ccc2F)C1. The van der Waals surface area contributed by atoms with E-state index >= 15 is 0 Å². The molecule has 1 saturated heterocycles. The fraction of sp³-hybridized carbons (Fsp3) is 0.316. The number of carbonyl (C=O) groups is 1. The van der Waals surface area contributed by atoms with E-state index in [1.807, 2.05) is 0 Å². The lowest BCUT2D eigenvalue weighted by atomic mass is 10.1. The number of halogens is 3. The van der Waals surface area contributed by atoms with Crippen LogP contribution in [0, 0.1) is 17.5 Å². The van der Waals surface area contributed by atoms with Crippen molar-refractivity contribution in [2.45, 2.75) is 25.6 Å². The molecule has 1 aliphatic rings. The first-order chi connectivity index (χ1) is 12.0. The Morgan fingerprint density at radius 3 is 2.72 bits per heavy atom. The van der Waals surface area contributed by atoms with Gasteiger partial charge in [-0.15, -0.1) is 0 Å². The van der Waals surface area contributed by atoms with Crippen LogP contribution in [-0.4, -0.2) is 30.0 Å². The van der Waals surface area contributed by atoms with Gasteiger partial charge in [0, 0.05) is 24.2 Å². The van der Waals surface area contributed by atoms with Crippen LogP contribution in [0.2, 0.25) is 0 Å². The fourth-order valence-corrected chi connectivity index (χ4v) is 2.92. The molecule has 1 aliphatic heterocycles. The third-order valence-corrected chi connectivity index (χ3v) is 4.22. The second kappa shape index (κ2) is 7.70. The van der Waals surface area contributed by atoms with Crippen molar-refractivity contribution in [2.24, 2.45) is 0 Å². The molecule has 0 spiro atoms. The second-order valence-corrected chi connectivity index (χ2v) is 6.07. The van der Waals surface area contributed by atoms with Gasteiger partial charge in [-0.05, 0) is 49.2 Å². The molecular formula is C19H18F3NO2. The van der Waals surface area contributed by atoms with Gasteiger partial charge in [0.1, 0.15) is 17.5 Å². The van der Waals surface area contributed by atoms with E-state index in [9.17, 15) is 18.0 Å². The van der Waals surface area contributed by atoms with E-state index in [4.69, 9.17) is 4.74 Å². The molecule has 1 atom stereocenters. The summed E-state index contributed by atoms with van der Waals surface area (Å²) in [5.41, 5.74) is 0.436. The van der Waals surface area contributed by atoms with Crippen LogP contribution in [0.1, 0.15) is 28.8 Å². The number of hydrogen-bond acceptors (Lipinski definition) is 2. The highest BCUT2D eigenvalue weighted by Crippen LogP contribution is 2.19. The Bertz CT molecular complexity index is 766. The summed E-state index contributed by atoms with van der Waals surface area (Å²) >= 11 is 0. The smallest absolute Gasteiger partial charge is 0.254 e. The minimum Gasteiger partial charge on any atom is -0.372 e. The molecule has 3 rings (SSSR count). The van der Waals surface area contributed by atoms with Gasteiger partial charge < -0.3 is 9.64 Å². The molecule has 0 saturated carbocycles. The average Bonchev–Trinajstić information content (AvgIpc) is 2.62. The van der Waals surface area contributed by atoms with Crippen molar-refractivity contribution in [3.63, 3.8) is 0 Å². The molecule has 0 aliphatic carbocycles. The van der Waals surface area contributed by atoms with Crippen LogP contribution >= 0.6 is 0 Å². The van der Waals surface area contributed by atoms with Gasteiger partial charge in [0.15, 0.2) is 0 Å².